The fraction of sp³-hybridized carbons (Fsp3) is 0.200. The number of nitro groups is 1. The lowest BCUT2D eigenvalue weighted by Gasteiger charge is -2.11. The minimum absolute atomic E-state index is 0.0138. The molecule has 2 aromatic rings. The lowest BCUT2D eigenvalue weighted by Crippen LogP contribution is -2.28. The van der Waals surface area contributed by atoms with E-state index < -0.39 is 27.1 Å². The van der Waals surface area contributed by atoms with Gasteiger partial charge in [-0.05, 0) is 36.4 Å². The third kappa shape index (κ3) is 6.42. The van der Waals surface area contributed by atoms with E-state index in [2.05, 4.69) is 14.8 Å². The van der Waals surface area contributed by atoms with Crippen molar-refractivity contribution in [3.63, 3.8) is 0 Å². The highest BCUT2D eigenvalue weighted by Crippen LogP contribution is 2.23. The van der Waals surface area contributed by atoms with Gasteiger partial charge in [-0.2, -0.15) is 0 Å². The van der Waals surface area contributed by atoms with Crippen molar-refractivity contribution in [2.24, 2.45) is 0 Å². The third-order valence-corrected chi connectivity index (χ3v) is 4.67. The molecule has 2 N–H and O–H groups in total. The van der Waals surface area contributed by atoms with E-state index >= 15 is 0 Å². The molecule has 8 nitrogen and oxygen atoms in total. The number of alkyl halides is 3. The van der Waals surface area contributed by atoms with Gasteiger partial charge in [-0.25, -0.2) is 13.1 Å². The van der Waals surface area contributed by atoms with Crippen LogP contribution in [0.4, 0.5) is 24.5 Å². The number of nitrogens with one attached hydrogen (secondary N) is 2. The largest absolute Gasteiger partial charge is 0.573 e. The molecule has 0 radical (unpaired) electrons. The Labute approximate surface area is 152 Å². The molecule has 0 aliphatic heterocycles. The molecular formula is C15H14F3N3O5S. The summed E-state index contributed by atoms with van der Waals surface area (Å²) >= 11 is 0. The summed E-state index contributed by atoms with van der Waals surface area (Å²) in [7, 11) is -3.91. The van der Waals surface area contributed by atoms with Gasteiger partial charge in [0, 0.05) is 30.9 Å². The van der Waals surface area contributed by atoms with Crippen LogP contribution in [0, 0.1) is 10.1 Å². The fourth-order valence-corrected chi connectivity index (χ4v) is 3.03. The monoisotopic (exact) mass is 405 g/mol. The maximum absolute atomic E-state index is 12.1. The molecule has 2 rings (SSSR count). The van der Waals surface area contributed by atoms with Crippen molar-refractivity contribution < 1.29 is 31.2 Å². The van der Waals surface area contributed by atoms with E-state index in [4.69, 9.17) is 0 Å². The Kier molecular flexibility index (Phi) is 6.23. The van der Waals surface area contributed by atoms with E-state index in [-0.39, 0.29) is 23.7 Å². The lowest BCUT2D eigenvalue weighted by atomic mass is 10.3. The van der Waals surface area contributed by atoms with Gasteiger partial charge in [-0.15, -0.1) is 13.2 Å². The average Bonchev–Trinajstić information content (AvgIpc) is 2.58. The molecule has 0 aliphatic rings. The quantitative estimate of drug-likeness (QED) is 0.397. The molecular weight excluding hydrogens is 391 g/mol. The van der Waals surface area contributed by atoms with Crippen molar-refractivity contribution in [2.45, 2.75) is 11.3 Å². The van der Waals surface area contributed by atoms with Gasteiger partial charge in [0.25, 0.3) is 5.69 Å². The summed E-state index contributed by atoms with van der Waals surface area (Å²) in [6, 6.07) is 9.35. The smallest absolute Gasteiger partial charge is 0.406 e. The number of sulfonamides is 1. The molecule has 0 spiro atoms. The predicted octanol–water partition coefficient (Wildman–Crippen LogP) is 2.88. The second-order valence-electron chi connectivity index (χ2n) is 5.15. The van der Waals surface area contributed by atoms with Crippen molar-refractivity contribution >= 4 is 21.4 Å². The first kappa shape index (κ1) is 20.5. The second-order valence-corrected chi connectivity index (χ2v) is 6.91. The normalized spacial score (nSPS) is 11.8. The summed E-state index contributed by atoms with van der Waals surface area (Å²) in [6.45, 7) is 0.173. The molecule has 0 saturated carbocycles. The van der Waals surface area contributed by atoms with Crippen molar-refractivity contribution in [1.29, 1.82) is 0 Å². The molecule has 0 fully saturated rings. The van der Waals surface area contributed by atoms with Crippen molar-refractivity contribution in [3.05, 3.63) is 58.6 Å². The average molecular weight is 405 g/mol. The Morgan fingerprint density at radius 1 is 1.00 bits per heavy atom. The molecule has 0 bridgehead atoms. The Morgan fingerprint density at radius 2 is 1.59 bits per heavy atom. The zero-order chi connectivity index (χ0) is 20.1. The third-order valence-electron chi connectivity index (χ3n) is 3.19. The minimum atomic E-state index is -4.86. The number of benzene rings is 2. The Hall–Kier alpha value is -2.86. The van der Waals surface area contributed by atoms with E-state index in [9.17, 15) is 31.7 Å². The number of nitro benzene ring substituents is 1. The van der Waals surface area contributed by atoms with Crippen LogP contribution in [-0.4, -0.2) is 32.8 Å². The van der Waals surface area contributed by atoms with Crippen LogP contribution in [0.1, 0.15) is 0 Å². The summed E-state index contributed by atoms with van der Waals surface area (Å²) in [5, 5.41) is 13.4. The molecule has 0 atom stereocenters. The number of nitrogens with zero attached hydrogens (tertiary/aromatic N) is 1. The first-order valence-electron chi connectivity index (χ1n) is 7.41. The molecule has 0 heterocycles. The first-order valence-corrected chi connectivity index (χ1v) is 8.89. The highest BCUT2D eigenvalue weighted by atomic mass is 32.2. The van der Waals surface area contributed by atoms with Gasteiger partial charge < -0.3 is 10.1 Å². The van der Waals surface area contributed by atoms with E-state index in [0.717, 1.165) is 24.3 Å². The molecule has 2 aromatic carbocycles. The molecule has 0 aromatic heterocycles. The number of halogens is 3. The second kappa shape index (κ2) is 8.22. The van der Waals surface area contributed by atoms with Gasteiger partial charge in [-0.1, -0.05) is 0 Å². The van der Waals surface area contributed by atoms with Crippen molar-refractivity contribution in [1.82, 2.24) is 4.72 Å². The van der Waals surface area contributed by atoms with Crippen molar-refractivity contribution in [2.75, 3.05) is 18.4 Å². The molecule has 27 heavy (non-hydrogen) atoms. The van der Waals surface area contributed by atoms with Crippen LogP contribution in [-0.2, 0) is 10.0 Å². The topological polar surface area (TPSA) is 111 Å². The summed E-state index contributed by atoms with van der Waals surface area (Å²) in [5.41, 5.74) is 0.493. The molecule has 0 saturated heterocycles. The van der Waals surface area contributed by atoms with Crippen LogP contribution in [0.25, 0.3) is 0 Å². The van der Waals surface area contributed by atoms with Gasteiger partial charge in [0.1, 0.15) is 5.75 Å². The summed E-state index contributed by atoms with van der Waals surface area (Å²) in [6.07, 6.45) is -4.86. The number of non-ortho nitro benzene ring substituents is 1. The fourth-order valence-electron chi connectivity index (χ4n) is 2.00. The molecule has 0 aliphatic carbocycles. The number of rotatable bonds is 8. The maximum atomic E-state index is 12.1. The van der Waals surface area contributed by atoms with E-state index in [1.807, 2.05) is 0 Å². The van der Waals surface area contributed by atoms with Gasteiger partial charge in [0.2, 0.25) is 10.0 Å². The Balaban J connectivity index is 1.86. The van der Waals surface area contributed by atoms with Crippen LogP contribution in [0.2, 0.25) is 0 Å². The zero-order valence-corrected chi connectivity index (χ0v) is 14.4. The molecule has 146 valence electrons. The van der Waals surface area contributed by atoms with Crippen LogP contribution in [0.3, 0.4) is 0 Å². The van der Waals surface area contributed by atoms with Gasteiger partial charge in [-0.3, -0.25) is 10.1 Å². The van der Waals surface area contributed by atoms with Crippen molar-refractivity contribution in [3.8, 4) is 5.75 Å². The lowest BCUT2D eigenvalue weighted by molar-refractivity contribution is -0.384. The Bertz CT molecular complexity index is 884. The highest BCUT2D eigenvalue weighted by molar-refractivity contribution is 7.89. The number of ether oxygens (including phenoxy) is 1. The van der Waals surface area contributed by atoms with E-state index in [0.29, 0.717) is 5.69 Å². The van der Waals surface area contributed by atoms with Crippen LogP contribution in [0.15, 0.2) is 53.4 Å². The van der Waals surface area contributed by atoms with Crippen LogP contribution >= 0.6 is 0 Å². The van der Waals surface area contributed by atoms with Gasteiger partial charge in [0.05, 0.1) is 9.82 Å². The number of hydrogen-bond acceptors (Lipinski definition) is 6. The van der Waals surface area contributed by atoms with E-state index in [1.54, 1.807) is 0 Å². The summed E-state index contributed by atoms with van der Waals surface area (Å²) in [5.74, 6) is -0.527. The number of hydrogen-bond donors (Lipinski definition) is 2. The molecule has 0 unspecified atom stereocenters. The predicted molar refractivity (Wildman–Crippen MR) is 89.9 cm³/mol. The molecule has 0 amide bonds. The van der Waals surface area contributed by atoms with Gasteiger partial charge >= 0.3 is 6.36 Å². The molecule has 12 heteroatoms. The van der Waals surface area contributed by atoms with Crippen LogP contribution < -0.4 is 14.8 Å². The summed E-state index contributed by atoms with van der Waals surface area (Å²) < 4.78 is 66.4. The van der Waals surface area contributed by atoms with Crippen LogP contribution in [0.5, 0.6) is 5.75 Å². The SMILES string of the molecule is O=[N+]([O-])c1ccc(NCCNS(=O)(=O)c2ccc(OC(F)(F)F)cc2)cc1. The maximum Gasteiger partial charge on any atom is 0.573 e. The number of anilines is 1. The standard InChI is InChI=1S/C15H14F3N3O5S/c16-15(17,18)26-13-5-7-14(8-6-13)27(24,25)20-10-9-19-11-1-3-12(4-2-11)21(22)23/h1-8,19-20H,9-10H2. The first-order chi connectivity index (χ1) is 12.6. The Morgan fingerprint density at radius 3 is 2.11 bits per heavy atom. The zero-order valence-electron chi connectivity index (χ0n) is 13.6. The van der Waals surface area contributed by atoms with E-state index in [1.165, 1.54) is 24.3 Å². The summed E-state index contributed by atoms with van der Waals surface area (Å²) in [4.78, 5) is 9.80. The highest BCUT2D eigenvalue weighted by Gasteiger charge is 2.31. The van der Waals surface area contributed by atoms with Gasteiger partial charge in [0.15, 0.2) is 0 Å². The minimum Gasteiger partial charge on any atom is -0.406 e.